The summed E-state index contributed by atoms with van der Waals surface area (Å²) in [6, 6.07) is 2.14. The van der Waals surface area contributed by atoms with Gasteiger partial charge < -0.3 is 25.2 Å². The van der Waals surface area contributed by atoms with E-state index < -0.39 is 34.3 Å². The summed E-state index contributed by atoms with van der Waals surface area (Å²) < 4.78 is 40.6. The summed E-state index contributed by atoms with van der Waals surface area (Å²) in [4.78, 5) is 38.6. The predicted octanol–water partition coefficient (Wildman–Crippen LogP) is 4.54. The number of carbonyl (C=O) groups is 3. The Morgan fingerprint density at radius 3 is 2.35 bits per heavy atom. The minimum Gasteiger partial charge on any atom is -0.493 e. The van der Waals surface area contributed by atoms with Crippen LogP contribution in [0.3, 0.4) is 0 Å². The number of hydrogen-bond acceptors (Lipinski definition) is 5. The second-order valence-corrected chi connectivity index (χ2v) is 13.2. The number of alkyl halides is 1. The number of fused-ring (bicyclic) bond motifs is 2. The molecule has 6 aliphatic carbocycles. The molecule has 4 unspecified atom stereocenters. The largest absolute Gasteiger partial charge is 0.493 e. The van der Waals surface area contributed by atoms with Crippen molar-refractivity contribution in [3.8, 4) is 11.5 Å². The van der Waals surface area contributed by atoms with Crippen LogP contribution in [0.15, 0.2) is 12.1 Å². The average Bonchev–Trinajstić information content (AvgIpc) is 3.47. The minimum absolute atomic E-state index is 0.0801. The first-order valence-corrected chi connectivity index (χ1v) is 14.6. The smallest absolute Gasteiger partial charge is 0.309 e. The molecule has 6 saturated carbocycles. The molecule has 0 saturated heterocycles. The van der Waals surface area contributed by atoms with E-state index in [-0.39, 0.29) is 59.5 Å². The van der Waals surface area contributed by atoms with Gasteiger partial charge in [-0.25, -0.2) is 8.78 Å². The number of carbonyl (C=O) groups excluding carboxylic acids is 2. The van der Waals surface area contributed by atoms with E-state index in [1.54, 1.807) is 13.8 Å². The van der Waals surface area contributed by atoms with Crippen molar-refractivity contribution in [1.82, 2.24) is 10.6 Å². The molecule has 40 heavy (non-hydrogen) atoms. The first kappa shape index (κ1) is 27.3. The minimum atomic E-state index is -1.11. The van der Waals surface area contributed by atoms with Crippen molar-refractivity contribution in [2.24, 2.45) is 23.2 Å². The highest BCUT2D eigenvalue weighted by Gasteiger charge is 2.70. The lowest BCUT2D eigenvalue weighted by Gasteiger charge is -2.66. The molecule has 8 nitrogen and oxygen atoms in total. The van der Waals surface area contributed by atoms with Gasteiger partial charge in [-0.05, 0) is 76.7 Å². The number of carboxylic acid groups (broad SMARTS) is 1. The number of nitrogens with one attached hydrogen (secondary N) is 2. The summed E-state index contributed by atoms with van der Waals surface area (Å²) >= 11 is 0. The van der Waals surface area contributed by atoms with E-state index in [0.29, 0.717) is 44.9 Å². The maximum absolute atomic E-state index is 15.1. The first-order chi connectivity index (χ1) is 18.9. The standard InChI is InChI=1S/C30H38F2N2O6/c1-3-39-21-12-20(31)22(40-18-6-8-28(2,9-7-18)27(37)38)11-19(21)25(35)33-24-17-5-4-16(10-17)23(24)26(36)34-30-13-29(32,14-30)15-30/h11-12,16-18,23-24H,3-10,13-15H2,1-2H3,(H,33,35)(H,34,36)(H,37,38). The third kappa shape index (κ3) is 4.61. The molecule has 0 spiro atoms. The fourth-order valence-electron chi connectivity index (χ4n) is 8.06. The van der Waals surface area contributed by atoms with Gasteiger partial charge in [-0.2, -0.15) is 0 Å². The van der Waals surface area contributed by atoms with Gasteiger partial charge >= 0.3 is 5.97 Å². The summed E-state index contributed by atoms with van der Waals surface area (Å²) in [5, 5.41) is 15.7. The third-order valence-electron chi connectivity index (χ3n) is 10.3. The molecule has 1 aromatic rings. The van der Waals surface area contributed by atoms with Crippen molar-refractivity contribution in [1.29, 1.82) is 0 Å². The number of benzene rings is 1. The molecule has 3 N–H and O–H groups in total. The molecule has 0 aliphatic heterocycles. The van der Waals surface area contributed by atoms with Crippen molar-refractivity contribution in [2.75, 3.05) is 6.61 Å². The lowest BCUT2D eigenvalue weighted by molar-refractivity contribution is -0.177. The van der Waals surface area contributed by atoms with Crippen LogP contribution in [-0.2, 0) is 9.59 Å². The Balaban J connectivity index is 1.17. The van der Waals surface area contributed by atoms with Gasteiger partial charge in [0.25, 0.3) is 5.91 Å². The average molecular weight is 561 g/mol. The number of amides is 2. The summed E-state index contributed by atoms with van der Waals surface area (Å²) in [5.41, 5.74) is -2.22. The molecule has 6 fully saturated rings. The third-order valence-corrected chi connectivity index (χ3v) is 10.3. The number of halogens is 2. The zero-order chi connectivity index (χ0) is 28.4. The van der Waals surface area contributed by atoms with E-state index in [0.717, 1.165) is 25.3 Å². The zero-order valence-corrected chi connectivity index (χ0v) is 23.1. The molecule has 218 valence electrons. The van der Waals surface area contributed by atoms with E-state index in [1.165, 1.54) is 6.07 Å². The molecule has 2 amide bonds. The summed E-state index contributed by atoms with van der Waals surface area (Å²) in [6.07, 6.45) is 5.21. The normalized spacial score (nSPS) is 39.0. The molecule has 6 aliphatic rings. The van der Waals surface area contributed by atoms with Crippen LogP contribution in [0.5, 0.6) is 11.5 Å². The molecule has 7 rings (SSSR count). The highest BCUT2D eigenvalue weighted by molar-refractivity contribution is 5.98. The first-order valence-electron chi connectivity index (χ1n) is 14.6. The highest BCUT2D eigenvalue weighted by atomic mass is 19.1. The second-order valence-electron chi connectivity index (χ2n) is 13.2. The maximum Gasteiger partial charge on any atom is 0.309 e. The van der Waals surface area contributed by atoms with E-state index in [4.69, 9.17) is 9.47 Å². The lowest BCUT2D eigenvalue weighted by atomic mass is 9.47. The SMILES string of the molecule is CCOc1cc(F)c(OC2CCC(C)(C(=O)O)CC2)cc1C(=O)NC1C2CCC(C2)C1C(=O)NC12CC(F)(C1)C2. The van der Waals surface area contributed by atoms with Gasteiger partial charge in [-0.3, -0.25) is 14.4 Å². The molecule has 1 aromatic carbocycles. The van der Waals surface area contributed by atoms with Crippen LogP contribution in [0.1, 0.15) is 88.4 Å². The van der Waals surface area contributed by atoms with Crippen molar-refractivity contribution in [3.63, 3.8) is 0 Å². The van der Waals surface area contributed by atoms with Gasteiger partial charge in [0, 0.05) is 36.9 Å². The van der Waals surface area contributed by atoms with Gasteiger partial charge in [-0.15, -0.1) is 0 Å². The molecule has 0 radical (unpaired) electrons. The summed E-state index contributed by atoms with van der Waals surface area (Å²) in [7, 11) is 0. The van der Waals surface area contributed by atoms with Crippen molar-refractivity contribution in [2.45, 2.75) is 101 Å². The fourth-order valence-corrected chi connectivity index (χ4v) is 8.06. The molecular formula is C30H38F2N2O6. The Labute approximate surface area is 232 Å². The number of aliphatic carboxylic acids is 1. The van der Waals surface area contributed by atoms with Gasteiger partial charge in [0.2, 0.25) is 5.91 Å². The zero-order valence-electron chi connectivity index (χ0n) is 23.1. The Morgan fingerprint density at radius 2 is 1.73 bits per heavy atom. The molecule has 0 aromatic heterocycles. The van der Waals surface area contributed by atoms with Gasteiger partial charge in [0.15, 0.2) is 11.6 Å². The van der Waals surface area contributed by atoms with Gasteiger partial charge in [0.1, 0.15) is 11.4 Å². The Bertz CT molecular complexity index is 1210. The van der Waals surface area contributed by atoms with E-state index in [9.17, 15) is 23.9 Å². The lowest BCUT2D eigenvalue weighted by Crippen LogP contribution is -2.77. The predicted molar refractivity (Wildman–Crippen MR) is 140 cm³/mol. The topological polar surface area (TPSA) is 114 Å². The summed E-state index contributed by atoms with van der Waals surface area (Å²) in [6.45, 7) is 3.68. The van der Waals surface area contributed by atoms with Gasteiger partial charge in [0.05, 0.1) is 29.6 Å². The van der Waals surface area contributed by atoms with Crippen LogP contribution in [0, 0.1) is 29.0 Å². The monoisotopic (exact) mass is 560 g/mol. The number of ether oxygens (including phenoxy) is 2. The second kappa shape index (κ2) is 9.58. The molecule has 4 atom stereocenters. The van der Waals surface area contributed by atoms with Crippen LogP contribution < -0.4 is 20.1 Å². The Morgan fingerprint density at radius 1 is 1.05 bits per heavy atom. The van der Waals surface area contributed by atoms with Crippen LogP contribution in [0.2, 0.25) is 0 Å². The van der Waals surface area contributed by atoms with Crippen molar-refractivity contribution < 1.29 is 37.7 Å². The van der Waals surface area contributed by atoms with E-state index in [1.807, 2.05) is 0 Å². The number of carboxylic acids is 1. The van der Waals surface area contributed by atoms with Crippen LogP contribution in [-0.4, -0.2) is 52.9 Å². The molecule has 10 heteroatoms. The van der Waals surface area contributed by atoms with Gasteiger partial charge in [-0.1, -0.05) is 0 Å². The molecular weight excluding hydrogens is 522 g/mol. The van der Waals surface area contributed by atoms with Crippen molar-refractivity contribution >= 4 is 17.8 Å². The maximum atomic E-state index is 15.1. The van der Waals surface area contributed by atoms with Crippen LogP contribution in [0.4, 0.5) is 8.78 Å². The van der Waals surface area contributed by atoms with Crippen molar-refractivity contribution in [3.05, 3.63) is 23.5 Å². The fraction of sp³-hybridized carbons (Fsp3) is 0.700. The Kier molecular flexibility index (Phi) is 6.53. The quantitative estimate of drug-likeness (QED) is 0.409. The highest BCUT2D eigenvalue weighted by Crippen LogP contribution is 2.63. The van der Waals surface area contributed by atoms with Crippen LogP contribution >= 0.6 is 0 Å². The molecule has 0 heterocycles. The number of hydrogen-bond donors (Lipinski definition) is 3. The number of rotatable bonds is 9. The van der Waals surface area contributed by atoms with E-state index in [2.05, 4.69) is 10.6 Å². The summed E-state index contributed by atoms with van der Waals surface area (Å²) in [5.74, 6) is -2.11. The Hall–Kier alpha value is -2.91. The van der Waals surface area contributed by atoms with Crippen LogP contribution in [0.25, 0.3) is 0 Å². The molecule has 4 bridgehead atoms. The van der Waals surface area contributed by atoms with E-state index >= 15 is 4.39 Å².